The lowest BCUT2D eigenvalue weighted by Crippen LogP contribution is -2.16. The number of nitrogens with zero attached hydrogens (tertiary/aromatic N) is 2. The van der Waals surface area contributed by atoms with Crippen molar-refractivity contribution in [2.75, 3.05) is 13.6 Å². The molecule has 2 aromatic rings. The third kappa shape index (κ3) is 1.89. The van der Waals surface area contributed by atoms with Crippen molar-refractivity contribution in [3.8, 4) is 11.3 Å². The quantitative estimate of drug-likeness (QED) is 0.892. The Bertz CT molecular complexity index is 542. The molecule has 0 radical (unpaired) electrons. The predicted molar refractivity (Wildman–Crippen MR) is 68.9 cm³/mol. The van der Waals surface area contributed by atoms with E-state index in [-0.39, 0.29) is 6.10 Å². The van der Waals surface area contributed by atoms with Gasteiger partial charge in [0.25, 0.3) is 0 Å². The molecule has 92 valence electrons. The minimum absolute atomic E-state index is 0.140. The number of likely N-dealkylation sites (N-methyl/N-ethyl adjacent to an activating group) is 1. The third-order valence-corrected chi connectivity index (χ3v) is 3.22. The summed E-state index contributed by atoms with van der Waals surface area (Å²) in [6, 6.07) is 6.26. The number of ether oxygens (including phenoxy) is 1. The van der Waals surface area contributed by atoms with E-state index in [1.807, 2.05) is 7.05 Å². The van der Waals surface area contributed by atoms with Gasteiger partial charge < -0.3 is 10.1 Å². The van der Waals surface area contributed by atoms with Gasteiger partial charge in [-0.25, -0.2) is 0 Å². The molecule has 4 heteroatoms. The van der Waals surface area contributed by atoms with E-state index in [0.717, 1.165) is 17.8 Å². The van der Waals surface area contributed by atoms with Crippen molar-refractivity contribution in [3.05, 3.63) is 47.9 Å². The van der Waals surface area contributed by atoms with Gasteiger partial charge in [-0.1, -0.05) is 18.2 Å². The van der Waals surface area contributed by atoms with Crippen LogP contribution in [0, 0.1) is 0 Å². The second-order valence-electron chi connectivity index (χ2n) is 4.32. The van der Waals surface area contributed by atoms with E-state index in [1.165, 1.54) is 11.1 Å². The number of hydrogen-bond acceptors (Lipinski definition) is 4. The first-order valence-electron chi connectivity index (χ1n) is 6.04. The van der Waals surface area contributed by atoms with E-state index in [1.54, 1.807) is 18.6 Å². The lowest BCUT2D eigenvalue weighted by molar-refractivity contribution is 0.0675. The van der Waals surface area contributed by atoms with Crippen molar-refractivity contribution in [3.63, 3.8) is 0 Å². The highest BCUT2D eigenvalue weighted by atomic mass is 16.5. The SMILES string of the molecule is CNC[C@H]1OCc2c(-c3cnccn3)cccc21. The zero-order valence-electron chi connectivity index (χ0n) is 10.3. The average molecular weight is 241 g/mol. The molecule has 4 nitrogen and oxygen atoms in total. The first-order chi connectivity index (χ1) is 8.90. The smallest absolute Gasteiger partial charge is 0.0957 e. The van der Waals surface area contributed by atoms with Crippen LogP contribution in [0.15, 0.2) is 36.8 Å². The van der Waals surface area contributed by atoms with Gasteiger partial charge >= 0.3 is 0 Å². The molecule has 0 saturated carbocycles. The van der Waals surface area contributed by atoms with Gasteiger partial charge in [0, 0.05) is 24.5 Å². The Balaban J connectivity index is 2.04. The van der Waals surface area contributed by atoms with Crippen molar-refractivity contribution in [2.24, 2.45) is 0 Å². The molecule has 18 heavy (non-hydrogen) atoms. The largest absolute Gasteiger partial charge is 0.367 e. The van der Waals surface area contributed by atoms with E-state index >= 15 is 0 Å². The maximum absolute atomic E-state index is 5.82. The van der Waals surface area contributed by atoms with Crippen LogP contribution in [-0.4, -0.2) is 23.6 Å². The zero-order valence-corrected chi connectivity index (χ0v) is 10.3. The van der Waals surface area contributed by atoms with Crippen LogP contribution in [0.2, 0.25) is 0 Å². The van der Waals surface area contributed by atoms with Crippen LogP contribution >= 0.6 is 0 Å². The summed E-state index contributed by atoms with van der Waals surface area (Å²) in [4.78, 5) is 8.49. The number of nitrogens with one attached hydrogen (secondary N) is 1. The molecule has 1 aliphatic heterocycles. The topological polar surface area (TPSA) is 47.0 Å². The number of aromatic nitrogens is 2. The summed E-state index contributed by atoms with van der Waals surface area (Å²) in [7, 11) is 1.94. The molecule has 1 aromatic carbocycles. The van der Waals surface area contributed by atoms with Gasteiger partial charge in [0.05, 0.1) is 24.6 Å². The van der Waals surface area contributed by atoms with Crippen molar-refractivity contribution >= 4 is 0 Å². The van der Waals surface area contributed by atoms with Crippen molar-refractivity contribution in [2.45, 2.75) is 12.7 Å². The number of benzene rings is 1. The van der Waals surface area contributed by atoms with Crippen LogP contribution < -0.4 is 5.32 Å². The van der Waals surface area contributed by atoms with Crippen LogP contribution in [0.4, 0.5) is 0 Å². The molecule has 2 heterocycles. The third-order valence-electron chi connectivity index (χ3n) is 3.22. The summed E-state index contributed by atoms with van der Waals surface area (Å²) in [6.45, 7) is 1.48. The Hall–Kier alpha value is -1.78. The molecule has 0 amide bonds. The van der Waals surface area contributed by atoms with Gasteiger partial charge in [-0.05, 0) is 18.2 Å². The number of rotatable bonds is 3. The summed E-state index contributed by atoms with van der Waals surface area (Å²) in [5.74, 6) is 0. The molecule has 1 N–H and O–H groups in total. The molecule has 0 unspecified atom stereocenters. The minimum Gasteiger partial charge on any atom is -0.367 e. The van der Waals surface area contributed by atoms with Gasteiger partial charge in [0.15, 0.2) is 0 Å². The Morgan fingerprint density at radius 2 is 2.33 bits per heavy atom. The van der Waals surface area contributed by atoms with Crippen LogP contribution in [0.25, 0.3) is 11.3 Å². The standard InChI is InChI=1S/C14H15N3O/c1-15-8-14-11-4-2-3-10(12(11)9-18-14)13-7-16-5-6-17-13/h2-7,14-15H,8-9H2,1H3/t14-/m1/s1. The van der Waals surface area contributed by atoms with Gasteiger partial charge in [0.1, 0.15) is 0 Å². The monoisotopic (exact) mass is 241 g/mol. The Morgan fingerprint density at radius 1 is 1.39 bits per heavy atom. The minimum atomic E-state index is 0.140. The van der Waals surface area contributed by atoms with Gasteiger partial charge in [-0.3, -0.25) is 9.97 Å². The maximum atomic E-state index is 5.82. The highest BCUT2D eigenvalue weighted by molar-refractivity contribution is 5.65. The van der Waals surface area contributed by atoms with Crippen LogP contribution in [0.1, 0.15) is 17.2 Å². The fourth-order valence-corrected chi connectivity index (χ4v) is 2.37. The molecule has 1 atom stereocenters. The van der Waals surface area contributed by atoms with Gasteiger partial charge in [-0.15, -0.1) is 0 Å². The summed E-state index contributed by atoms with van der Waals surface area (Å²) in [5, 5.41) is 3.16. The Morgan fingerprint density at radius 3 is 3.11 bits per heavy atom. The van der Waals surface area contributed by atoms with E-state index in [4.69, 9.17) is 4.74 Å². The zero-order chi connectivity index (χ0) is 12.4. The maximum Gasteiger partial charge on any atom is 0.0957 e. The molecule has 0 spiro atoms. The average Bonchev–Trinajstić information content (AvgIpc) is 2.84. The van der Waals surface area contributed by atoms with E-state index in [2.05, 4.69) is 33.5 Å². The molecule has 0 saturated heterocycles. The molecular weight excluding hydrogens is 226 g/mol. The predicted octanol–water partition coefficient (Wildman–Crippen LogP) is 1.93. The molecule has 1 aliphatic rings. The Labute approximate surface area is 106 Å². The summed E-state index contributed by atoms with van der Waals surface area (Å²) >= 11 is 0. The first-order valence-corrected chi connectivity index (χ1v) is 6.04. The van der Waals surface area contributed by atoms with Gasteiger partial charge in [0.2, 0.25) is 0 Å². The number of fused-ring (bicyclic) bond motifs is 1. The molecule has 3 rings (SSSR count). The Kier molecular flexibility index (Phi) is 3.04. The molecular formula is C14H15N3O. The molecule has 0 aliphatic carbocycles. The van der Waals surface area contributed by atoms with E-state index in [9.17, 15) is 0 Å². The van der Waals surface area contributed by atoms with Gasteiger partial charge in [-0.2, -0.15) is 0 Å². The number of hydrogen-bond donors (Lipinski definition) is 1. The van der Waals surface area contributed by atoms with E-state index in [0.29, 0.717) is 6.61 Å². The molecule has 0 fully saturated rings. The second-order valence-corrected chi connectivity index (χ2v) is 4.32. The van der Waals surface area contributed by atoms with Crippen LogP contribution in [0.3, 0.4) is 0 Å². The van der Waals surface area contributed by atoms with E-state index < -0.39 is 0 Å². The molecule has 0 bridgehead atoms. The van der Waals surface area contributed by atoms with Crippen molar-refractivity contribution in [1.82, 2.24) is 15.3 Å². The van der Waals surface area contributed by atoms with Crippen molar-refractivity contribution in [1.29, 1.82) is 0 Å². The first kappa shape index (κ1) is 11.3. The summed E-state index contributed by atoms with van der Waals surface area (Å²) < 4.78 is 5.82. The van der Waals surface area contributed by atoms with Crippen LogP contribution in [-0.2, 0) is 11.3 Å². The summed E-state index contributed by atoms with van der Waals surface area (Å²) in [5.41, 5.74) is 4.52. The molecule has 1 aromatic heterocycles. The highest BCUT2D eigenvalue weighted by Crippen LogP contribution is 2.35. The second kappa shape index (κ2) is 4.84. The fraction of sp³-hybridized carbons (Fsp3) is 0.286. The summed E-state index contributed by atoms with van der Waals surface area (Å²) in [6.07, 6.45) is 5.34. The fourth-order valence-electron chi connectivity index (χ4n) is 2.37. The lowest BCUT2D eigenvalue weighted by Gasteiger charge is -2.10. The highest BCUT2D eigenvalue weighted by Gasteiger charge is 2.25. The normalized spacial score (nSPS) is 17.7. The van der Waals surface area contributed by atoms with Crippen molar-refractivity contribution < 1.29 is 4.74 Å². The lowest BCUT2D eigenvalue weighted by atomic mass is 9.98. The van der Waals surface area contributed by atoms with Crippen LogP contribution in [0.5, 0.6) is 0 Å².